The highest BCUT2D eigenvalue weighted by Gasteiger charge is 2.18. The molecule has 5 aromatic rings. The van der Waals surface area contributed by atoms with Gasteiger partial charge in [-0.25, -0.2) is 9.97 Å². The van der Waals surface area contributed by atoms with Crippen LogP contribution in [0.5, 0.6) is 5.75 Å². The SMILES string of the molecule is COc1ccccc1-c1cc(C(=O)Nc2nc(-c3ccc(C)cc3)c(C)s2)c2ccccc2n1. The molecule has 0 saturated carbocycles. The van der Waals surface area contributed by atoms with Gasteiger partial charge in [0.15, 0.2) is 5.13 Å². The third-order valence-electron chi connectivity index (χ3n) is 5.69. The second-order valence-electron chi connectivity index (χ2n) is 8.02. The predicted molar refractivity (Wildman–Crippen MR) is 139 cm³/mol. The largest absolute Gasteiger partial charge is 0.496 e. The van der Waals surface area contributed by atoms with Crippen molar-refractivity contribution in [1.82, 2.24) is 9.97 Å². The van der Waals surface area contributed by atoms with Crippen molar-refractivity contribution in [3.8, 4) is 28.3 Å². The van der Waals surface area contributed by atoms with Gasteiger partial charge in [0.25, 0.3) is 5.91 Å². The summed E-state index contributed by atoms with van der Waals surface area (Å²) in [4.78, 5) is 24.0. The molecule has 2 heterocycles. The van der Waals surface area contributed by atoms with Gasteiger partial charge < -0.3 is 4.74 Å². The lowest BCUT2D eigenvalue weighted by molar-refractivity contribution is 0.102. The average Bonchev–Trinajstić information content (AvgIpc) is 3.23. The number of aromatic nitrogens is 2. The lowest BCUT2D eigenvalue weighted by atomic mass is 10.0. The van der Waals surface area contributed by atoms with Crippen molar-refractivity contribution in [2.24, 2.45) is 0 Å². The quantitative estimate of drug-likeness (QED) is 0.306. The van der Waals surface area contributed by atoms with Crippen LogP contribution in [0.2, 0.25) is 0 Å². The number of rotatable bonds is 5. The molecular formula is C28H23N3O2S. The van der Waals surface area contributed by atoms with E-state index in [0.717, 1.165) is 32.6 Å². The fourth-order valence-electron chi connectivity index (χ4n) is 3.95. The molecule has 0 aliphatic rings. The number of ether oxygens (including phenoxy) is 1. The van der Waals surface area contributed by atoms with Gasteiger partial charge in [-0.1, -0.05) is 60.2 Å². The van der Waals surface area contributed by atoms with Gasteiger partial charge in [0.05, 0.1) is 29.6 Å². The zero-order valence-electron chi connectivity index (χ0n) is 19.1. The van der Waals surface area contributed by atoms with Crippen LogP contribution < -0.4 is 10.1 Å². The highest BCUT2D eigenvalue weighted by Crippen LogP contribution is 2.33. The van der Waals surface area contributed by atoms with Crippen molar-refractivity contribution >= 4 is 33.3 Å². The molecule has 0 radical (unpaired) electrons. The minimum Gasteiger partial charge on any atom is -0.496 e. The molecule has 5 rings (SSSR count). The summed E-state index contributed by atoms with van der Waals surface area (Å²) in [5, 5.41) is 4.36. The standard InChI is InChI=1S/C28H23N3O2S/c1-17-12-14-19(15-13-17)26-18(2)34-28(30-26)31-27(32)22-16-24(21-9-5-7-11-25(21)33-3)29-23-10-6-4-8-20(22)23/h4-16H,1-3H3,(H,30,31,32). The Morgan fingerprint density at radius 1 is 0.912 bits per heavy atom. The first kappa shape index (κ1) is 21.8. The second-order valence-corrected chi connectivity index (χ2v) is 9.22. The number of anilines is 1. The van der Waals surface area contributed by atoms with E-state index in [0.29, 0.717) is 22.1 Å². The molecule has 0 bridgehead atoms. The minimum absolute atomic E-state index is 0.223. The summed E-state index contributed by atoms with van der Waals surface area (Å²) in [7, 11) is 1.63. The molecule has 2 aromatic heterocycles. The van der Waals surface area contributed by atoms with E-state index >= 15 is 0 Å². The minimum atomic E-state index is -0.223. The van der Waals surface area contributed by atoms with Crippen LogP contribution in [0.15, 0.2) is 78.9 Å². The van der Waals surface area contributed by atoms with Crippen LogP contribution in [0.3, 0.4) is 0 Å². The first-order valence-electron chi connectivity index (χ1n) is 10.9. The number of pyridine rings is 1. The van der Waals surface area contributed by atoms with Crippen LogP contribution in [0, 0.1) is 13.8 Å². The molecule has 1 amide bonds. The van der Waals surface area contributed by atoms with E-state index in [9.17, 15) is 4.79 Å². The van der Waals surface area contributed by atoms with Gasteiger partial charge in [0, 0.05) is 21.4 Å². The highest BCUT2D eigenvalue weighted by atomic mass is 32.1. The molecule has 168 valence electrons. The summed E-state index contributed by atoms with van der Waals surface area (Å²) in [6.45, 7) is 4.08. The number of thiazole rings is 1. The predicted octanol–water partition coefficient (Wildman–Crippen LogP) is 6.90. The first-order valence-corrected chi connectivity index (χ1v) is 11.7. The van der Waals surface area contributed by atoms with E-state index in [1.54, 1.807) is 7.11 Å². The second kappa shape index (κ2) is 9.08. The van der Waals surface area contributed by atoms with E-state index < -0.39 is 0 Å². The number of amides is 1. The Kier molecular flexibility index (Phi) is 5.82. The number of nitrogens with one attached hydrogen (secondary N) is 1. The summed E-state index contributed by atoms with van der Waals surface area (Å²) in [5.74, 6) is 0.480. The number of nitrogens with zero attached hydrogens (tertiary/aromatic N) is 2. The van der Waals surface area contributed by atoms with Crippen LogP contribution in [-0.4, -0.2) is 23.0 Å². The van der Waals surface area contributed by atoms with Gasteiger partial charge in [0.2, 0.25) is 0 Å². The molecule has 0 unspecified atom stereocenters. The molecule has 0 saturated heterocycles. The van der Waals surface area contributed by atoms with Crippen molar-refractivity contribution in [3.63, 3.8) is 0 Å². The first-order chi connectivity index (χ1) is 16.5. The van der Waals surface area contributed by atoms with Gasteiger partial charge in [0.1, 0.15) is 5.75 Å². The van der Waals surface area contributed by atoms with E-state index in [-0.39, 0.29) is 5.91 Å². The van der Waals surface area contributed by atoms with Gasteiger partial charge in [-0.05, 0) is 38.1 Å². The highest BCUT2D eigenvalue weighted by molar-refractivity contribution is 7.16. The normalized spacial score (nSPS) is 10.9. The number of aryl methyl sites for hydroxylation is 2. The van der Waals surface area contributed by atoms with Crippen LogP contribution in [-0.2, 0) is 0 Å². The zero-order chi connectivity index (χ0) is 23.7. The average molecular weight is 466 g/mol. The third kappa shape index (κ3) is 4.16. The maximum absolute atomic E-state index is 13.5. The van der Waals surface area contributed by atoms with Crippen molar-refractivity contribution in [3.05, 3.63) is 94.9 Å². The summed E-state index contributed by atoms with van der Waals surface area (Å²) in [5.41, 5.74) is 5.90. The van der Waals surface area contributed by atoms with Crippen molar-refractivity contribution < 1.29 is 9.53 Å². The zero-order valence-corrected chi connectivity index (χ0v) is 19.9. The van der Waals surface area contributed by atoms with Gasteiger partial charge in [-0.3, -0.25) is 10.1 Å². The summed E-state index contributed by atoms with van der Waals surface area (Å²) in [6.07, 6.45) is 0. The molecular weight excluding hydrogens is 442 g/mol. The number of fused-ring (bicyclic) bond motifs is 1. The number of para-hydroxylation sites is 2. The molecule has 1 N–H and O–H groups in total. The monoisotopic (exact) mass is 465 g/mol. The van der Waals surface area contributed by atoms with Crippen LogP contribution in [0.1, 0.15) is 20.8 Å². The topological polar surface area (TPSA) is 64.1 Å². The van der Waals surface area contributed by atoms with E-state index in [4.69, 9.17) is 14.7 Å². The van der Waals surface area contributed by atoms with E-state index in [1.807, 2.05) is 61.5 Å². The fourth-order valence-corrected chi connectivity index (χ4v) is 4.78. The summed E-state index contributed by atoms with van der Waals surface area (Å²) < 4.78 is 5.52. The number of methoxy groups -OCH3 is 1. The molecule has 0 fully saturated rings. The summed E-state index contributed by atoms with van der Waals surface area (Å²) >= 11 is 1.47. The number of hydrogen-bond donors (Lipinski definition) is 1. The molecule has 0 aliphatic carbocycles. The lowest BCUT2D eigenvalue weighted by Crippen LogP contribution is -2.13. The molecule has 6 heteroatoms. The van der Waals surface area contributed by atoms with Crippen molar-refractivity contribution in [2.75, 3.05) is 12.4 Å². The number of carbonyl (C=O) groups excluding carboxylic acids is 1. The number of benzene rings is 3. The Bertz CT molecular complexity index is 1510. The third-order valence-corrected chi connectivity index (χ3v) is 6.57. The van der Waals surface area contributed by atoms with Gasteiger partial charge >= 0.3 is 0 Å². The van der Waals surface area contributed by atoms with E-state index in [1.165, 1.54) is 16.9 Å². The molecule has 0 aliphatic heterocycles. The molecule has 0 spiro atoms. The smallest absolute Gasteiger partial charge is 0.258 e. The van der Waals surface area contributed by atoms with Gasteiger partial charge in [-0.2, -0.15) is 0 Å². The Morgan fingerprint density at radius 2 is 1.65 bits per heavy atom. The Labute approximate surface area is 202 Å². The number of hydrogen-bond acceptors (Lipinski definition) is 5. The maximum atomic E-state index is 13.5. The molecule has 0 atom stereocenters. The molecule has 5 nitrogen and oxygen atoms in total. The van der Waals surface area contributed by atoms with Crippen LogP contribution >= 0.6 is 11.3 Å². The van der Waals surface area contributed by atoms with E-state index in [2.05, 4.69) is 36.5 Å². The molecule has 3 aromatic carbocycles. The molecule has 34 heavy (non-hydrogen) atoms. The van der Waals surface area contributed by atoms with Crippen molar-refractivity contribution in [1.29, 1.82) is 0 Å². The maximum Gasteiger partial charge on any atom is 0.258 e. The Morgan fingerprint density at radius 3 is 2.44 bits per heavy atom. The van der Waals surface area contributed by atoms with Crippen LogP contribution in [0.4, 0.5) is 5.13 Å². The van der Waals surface area contributed by atoms with Crippen molar-refractivity contribution in [2.45, 2.75) is 13.8 Å². The fraction of sp³-hybridized carbons (Fsp3) is 0.107. The number of carbonyl (C=O) groups is 1. The van der Waals surface area contributed by atoms with Gasteiger partial charge in [-0.15, -0.1) is 11.3 Å². The Balaban J connectivity index is 1.54. The lowest BCUT2D eigenvalue weighted by Gasteiger charge is -2.12. The van der Waals surface area contributed by atoms with Crippen LogP contribution in [0.25, 0.3) is 33.4 Å². The Hall–Kier alpha value is -4.03. The summed E-state index contributed by atoms with van der Waals surface area (Å²) in [6, 6.07) is 25.4.